The molecule has 1 aromatic carbocycles. The molecule has 1 atom stereocenters. The number of nitrogens with zero attached hydrogens (tertiary/aromatic N) is 5. The Morgan fingerprint density at radius 3 is 2.62 bits per heavy atom. The van der Waals surface area contributed by atoms with Crippen molar-refractivity contribution >= 4 is 45.9 Å². The van der Waals surface area contributed by atoms with Gasteiger partial charge >= 0.3 is 0 Å². The molecule has 39 heavy (non-hydrogen) atoms. The Kier molecular flexibility index (Phi) is 8.51. The third-order valence-electron chi connectivity index (χ3n) is 6.36. The van der Waals surface area contributed by atoms with Gasteiger partial charge in [-0.3, -0.25) is 4.68 Å². The number of rotatable bonds is 10. The van der Waals surface area contributed by atoms with E-state index in [0.717, 1.165) is 30.4 Å². The van der Waals surface area contributed by atoms with Crippen LogP contribution in [0.1, 0.15) is 18.4 Å². The van der Waals surface area contributed by atoms with E-state index in [1.54, 1.807) is 23.1 Å². The molecule has 1 aliphatic rings. The fourth-order valence-electron chi connectivity index (χ4n) is 4.42. The SMILES string of the molecule is COc1cc(OC)c(Cl)c(-c2cc3cnc(NC4CCCOC4)nc3c(NCc3cnn(CCO)c3)n2)c1Cl. The zero-order valence-corrected chi connectivity index (χ0v) is 23.1. The van der Waals surface area contributed by atoms with E-state index in [1.807, 2.05) is 12.3 Å². The number of hydrogen-bond acceptors (Lipinski definition) is 10. The minimum atomic E-state index is 0.00698. The van der Waals surface area contributed by atoms with E-state index in [4.69, 9.17) is 47.4 Å². The molecule has 0 amide bonds. The van der Waals surface area contributed by atoms with E-state index in [2.05, 4.69) is 20.7 Å². The van der Waals surface area contributed by atoms with Crippen molar-refractivity contribution in [1.82, 2.24) is 24.7 Å². The van der Waals surface area contributed by atoms with Crippen molar-refractivity contribution in [3.63, 3.8) is 0 Å². The fourth-order valence-corrected chi connectivity index (χ4v) is 5.11. The van der Waals surface area contributed by atoms with E-state index < -0.39 is 0 Å². The summed E-state index contributed by atoms with van der Waals surface area (Å²) in [5, 5.41) is 21.6. The van der Waals surface area contributed by atoms with Gasteiger partial charge in [0, 0.05) is 48.1 Å². The Hall–Kier alpha value is -3.38. The second kappa shape index (κ2) is 12.2. The molecular weight excluding hydrogens is 545 g/mol. The van der Waals surface area contributed by atoms with Crippen LogP contribution in [0.4, 0.5) is 11.8 Å². The van der Waals surface area contributed by atoms with Crippen molar-refractivity contribution < 1.29 is 19.3 Å². The lowest BCUT2D eigenvalue weighted by atomic mass is 10.1. The van der Waals surface area contributed by atoms with Crippen molar-refractivity contribution in [3.05, 3.63) is 46.3 Å². The zero-order valence-electron chi connectivity index (χ0n) is 21.6. The maximum atomic E-state index is 9.20. The Labute approximate surface area is 235 Å². The number of ether oxygens (including phenoxy) is 3. The van der Waals surface area contributed by atoms with E-state index >= 15 is 0 Å². The van der Waals surface area contributed by atoms with Gasteiger partial charge in [0.05, 0.1) is 62.0 Å². The summed E-state index contributed by atoms with van der Waals surface area (Å²) in [5.41, 5.74) is 2.50. The number of anilines is 2. The average molecular weight is 574 g/mol. The summed E-state index contributed by atoms with van der Waals surface area (Å²) < 4.78 is 18.2. The fraction of sp³-hybridized carbons (Fsp3) is 0.385. The summed E-state index contributed by atoms with van der Waals surface area (Å²) >= 11 is 13.4. The van der Waals surface area contributed by atoms with Gasteiger partial charge in [0.15, 0.2) is 5.82 Å². The van der Waals surface area contributed by atoms with Gasteiger partial charge in [0.1, 0.15) is 17.0 Å². The largest absolute Gasteiger partial charge is 0.495 e. The second-order valence-corrected chi connectivity index (χ2v) is 9.77. The summed E-state index contributed by atoms with van der Waals surface area (Å²) in [6.45, 7) is 2.22. The summed E-state index contributed by atoms with van der Waals surface area (Å²) in [6, 6.07) is 3.60. The van der Waals surface area contributed by atoms with Crippen LogP contribution in [-0.2, 0) is 17.8 Å². The highest BCUT2D eigenvalue weighted by Crippen LogP contribution is 2.46. The van der Waals surface area contributed by atoms with Crippen LogP contribution in [-0.4, -0.2) is 69.9 Å². The summed E-state index contributed by atoms with van der Waals surface area (Å²) in [6.07, 6.45) is 7.30. The zero-order chi connectivity index (χ0) is 27.4. The number of aliphatic hydroxyl groups is 1. The first kappa shape index (κ1) is 27.2. The highest BCUT2D eigenvalue weighted by Gasteiger charge is 2.22. The topological polar surface area (TPSA) is 128 Å². The molecule has 4 aromatic rings. The number of methoxy groups -OCH3 is 2. The number of hydrogen-bond donors (Lipinski definition) is 3. The summed E-state index contributed by atoms with van der Waals surface area (Å²) in [4.78, 5) is 14.2. The van der Waals surface area contributed by atoms with Gasteiger partial charge in [-0.1, -0.05) is 23.2 Å². The maximum absolute atomic E-state index is 9.20. The van der Waals surface area contributed by atoms with Crippen molar-refractivity contribution in [3.8, 4) is 22.8 Å². The molecule has 3 N–H and O–H groups in total. The minimum absolute atomic E-state index is 0.00698. The lowest BCUT2D eigenvalue weighted by molar-refractivity contribution is 0.0874. The molecule has 4 heterocycles. The molecule has 0 bridgehead atoms. The van der Waals surface area contributed by atoms with E-state index in [1.165, 1.54) is 14.2 Å². The van der Waals surface area contributed by atoms with Crippen LogP contribution in [0.15, 0.2) is 30.7 Å². The number of aliphatic hydroxyl groups excluding tert-OH is 1. The number of halogens is 2. The minimum Gasteiger partial charge on any atom is -0.495 e. The highest BCUT2D eigenvalue weighted by molar-refractivity contribution is 6.41. The van der Waals surface area contributed by atoms with Gasteiger partial charge in [0.25, 0.3) is 0 Å². The molecule has 0 aliphatic carbocycles. The van der Waals surface area contributed by atoms with E-state index in [-0.39, 0.29) is 12.6 Å². The average Bonchev–Trinajstić information content (AvgIpc) is 3.40. The predicted molar refractivity (Wildman–Crippen MR) is 150 cm³/mol. The highest BCUT2D eigenvalue weighted by atomic mass is 35.5. The molecule has 206 valence electrons. The van der Waals surface area contributed by atoms with Crippen LogP contribution in [0, 0.1) is 0 Å². The molecule has 0 radical (unpaired) electrons. The van der Waals surface area contributed by atoms with Crippen LogP contribution < -0.4 is 20.1 Å². The first-order chi connectivity index (χ1) is 19.0. The third-order valence-corrected chi connectivity index (χ3v) is 7.12. The van der Waals surface area contributed by atoms with Gasteiger partial charge in [-0.2, -0.15) is 5.10 Å². The predicted octanol–water partition coefficient (Wildman–Crippen LogP) is 4.41. The van der Waals surface area contributed by atoms with Gasteiger partial charge in [-0.05, 0) is 18.9 Å². The maximum Gasteiger partial charge on any atom is 0.223 e. The van der Waals surface area contributed by atoms with Crippen molar-refractivity contribution in [2.45, 2.75) is 32.0 Å². The van der Waals surface area contributed by atoms with Crippen LogP contribution >= 0.6 is 23.2 Å². The van der Waals surface area contributed by atoms with Crippen LogP contribution in [0.3, 0.4) is 0 Å². The molecule has 0 spiro atoms. The normalized spacial score (nSPS) is 15.4. The smallest absolute Gasteiger partial charge is 0.223 e. The lowest BCUT2D eigenvalue weighted by Crippen LogP contribution is -2.30. The molecule has 5 rings (SSSR count). The molecule has 13 heteroatoms. The molecule has 1 aliphatic heterocycles. The number of nitrogens with one attached hydrogen (secondary N) is 2. The van der Waals surface area contributed by atoms with Crippen molar-refractivity contribution in [1.29, 1.82) is 0 Å². The molecule has 0 saturated carbocycles. The first-order valence-electron chi connectivity index (χ1n) is 12.5. The Balaban J connectivity index is 1.57. The first-order valence-corrected chi connectivity index (χ1v) is 13.2. The van der Waals surface area contributed by atoms with Gasteiger partial charge in [0.2, 0.25) is 5.95 Å². The van der Waals surface area contributed by atoms with E-state index in [0.29, 0.717) is 69.8 Å². The molecule has 1 unspecified atom stereocenters. The molecular formula is C26H29Cl2N7O4. The third kappa shape index (κ3) is 5.96. The Morgan fingerprint density at radius 1 is 1.13 bits per heavy atom. The standard InChI is InChI=1S/C26H29Cl2N7O4/c1-37-19-9-20(38-2)23(28)21(22(19)27)18-8-16-12-30-26(32-17-4-3-7-39-14-17)34-24(16)25(33-18)29-10-15-11-31-35(13-15)5-6-36/h8-9,11-13,17,36H,3-7,10,14H2,1-2H3,(H,29,33)(H,30,32,34). The molecule has 11 nitrogen and oxygen atoms in total. The Bertz CT molecular complexity index is 1430. The van der Waals surface area contributed by atoms with Crippen molar-refractivity contribution in [2.75, 3.05) is 44.7 Å². The number of aromatic nitrogens is 5. The molecule has 1 fully saturated rings. The van der Waals surface area contributed by atoms with Gasteiger partial charge in [-0.25, -0.2) is 15.0 Å². The van der Waals surface area contributed by atoms with Gasteiger partial charge in [-0.15, -0.1) is 0 Å². The quantitative estimate of drug-likeness (QED) is 0.251. The van der Waals surface area contributed by atoms with Crippen molar-refractivity contribution in [2.24, 2.45) is 0 Å². The monoisotopic (exact) mass is 573 g/mol. The molecule has 3 aromatic heterocycles. The number of pyridine rings is 1. The summed E-state index contributed by atoms with van der Waals surface area (Å²) in [7, 11) is 3.05. The number of benzene rings is 1. The summed E-state index contributed by atoms with van der Waals surface area (Å²) in [5.74, 6) is 1.82. The number of fused-ring (bicyclic) bond motifs is 1. The van der Waals surface area contributed by atoms with Gasteiger partial charge < -0.3 is 30.0 Å². The second-order valence-electron chi connectivity index (χ2n) is 9.02. The van der Waals surface area contributed by atoms with Crippen LogP contribution in [0.5, 0.6) is 11.5 Å². The Morgan fingerprint density at radius 2 is 1.92 bits per heavy atom. The van der Waals surface area contributed by atoms with E-state index in [9.17, 15) is 5.11 Å². The molecule has 1 saturated heterocycles. The lowest BCUT2D eigenvalue weighted by Gasteiger charge is -2.23. The van der Waals surface area contributed by atoms with Crippen LogP contribution in [0.2, 0.25) is 10.0 Å². The van der Waals surface area contributed by atoms with Crippen LogP contribution in [0.25, 0.3) is 22.2 Å².